The van der Waals surface area contributed by atoms with Crippen LogP contribution in [0, 0.1) is 0 Å². The summed E-state index contributed by atoms with van der Waals surface area (Å²) in [5.74, 6) is 1.69. The smallest absolute Gasteiger partial charge is 0.228 e. The number of hydrogen-bond donors (Lipinski definition) is 3. The molecule has 8 heteroatoms. The van der Waals surface area contributed by atoms with Crippen molar-refractivity contribution in [2.45, 2.75) is 32.6 Å². The summed E-state index contributed by atoms with van der Waals surface area (Å²) < 4.78 is 10.9. The molecule has 0 saturated heterocycles. The van der Waals surface area contributed by atoms with Crippen LogP contribution in [0.25, 0.3) is 11.4 Å². The zero-order valence-corrected chi connectivity index (χ0v) is 21.1. The third-order valence-corrected chi connectivity index (χ3v) is 5.35. The number of ether oxygens (including phenoxy) is 2. The molecule has 0 radical (unpaired) electrons. The summed E-state index contributed by atoms with van der Waals surface area (Å²) in [6, 6.07) is 18.8. The van der Waals surface area contributed by atoms with Crippen molar-refractivity contribution in [1.82, 2.24) is 15.0 Å². The van der Waals surface area contributed by atoms with Crippen molar-refractivity contribution in [3.8, 4) is 11.4 Å². The van der Waals surface area contributed by atoms with E-state index in [9.17, 15) is 0 Å². The van der Waals surface area contributed by atoms with Crippen LogP contribution < -0.4 is 16.4 Å². The van der Waals surface area contributed by atoms with E-state index in [0.717, 1.165) is 18.5 Å². The highest BCUT2D eigenvalue weighted by Crippen LogP contribution is 2.25. The van der Waals surface area contributed by atoms with E-state index in [4.69, 9.17) is 15.2 Å². The Labute approximate surface area is 208 Å². The normalized spacial score (nSPS) is 11.4. The minimum Gasteiger partial charge on any atom is -0.378 e. The maximum absolute atomic E-state index is 5.59. The fraction of sp³-hybridized carbons (Fsp3) is 0.444. The Kier molecular flexibility index (Phi) is 10.4. The summed E-state index contributed by atoms with van der Waals surface area (Å²) in [6.07, 6.45) is 0.880. The summed E-state index contributed by atoms with van der Waals surface area (Å²) in [7, 11) is 0. The second-order valence-electron chi connectivity index (χ2n) is 9.24. The van der Waals surface area contributed by atoms with Crippen molar-refractivity contribution in [3.63, 3.8) is 0 Å². The van der Waals surface area contributed by atoms with Gasteiger partial charge in [0.2, 0.25) is 11.9 Å². The first-order valence-electron chi connectivity index (χ1n) is 12.2. The summed E-state index contributed by atoms with van der Waals surface area (Å²) >= 11 is 0. The number of nitrogens with two attached hydrogens (primary N) is 1. The van der Waals surface area contributed by atoms with E-state index in [0.29, 0.717) is 57.2 Å². The maximum Gasteiger partial charge on any atom is 0.228 e. The van der Waals surface area contributed by atoms with Gasteiger partial charge in [-0.15, -0.1) is 0 Å². The number of aromatic nitrogens is 3. The standard InChI is InChI=1S/C27H38N6O2/c1-27(2,3)23-11-9-22(10-12-23)24-31-25(29-15-13-21-7-5-4-6-8-21)33-26(32-24)30-16-18-35-20-19-34-17-14-28/h4-12H,13-20,28H2,1-3H3,(H2,29,30,31,32,33). The van der Waals surface area contributed by atoms with Gasteiger partial charge in [-0.1, -0.05) is 75.4 Å². The molecule has 0 saturated carbocycles. The lowest BCUT2D eigenvalue weighted by Gasteiger charge is -2.19. The van der Waals surface area contributed by atoms with Crippen LogP contribution in [0.2, 0.25) is 0 Å². The van der Waals surface area contributed by atoms with E-state index in [-0.39, 0.29) is 5.41 Å². The topological polar surface area (TPSA) is 107 Å². The van der Waals surface area contributed by atoms with E-state index in [1.807, 2.05) is 18.2 Å². The quantitative estimate of drug-likeness (QED) is 0.300. The fourth-order valence-corrected chi connectivity index (χ4v) is 3.39. The van der Waals surface area contributed by atoms with E-state index in [1.54, 1.807) is 0 Å². The van der Waals surface area contributed by atoms with Gasteiger partial charge in [0.15, 0.2) is 5.82 Å². The number of rotatable bonds is 14. The van der Waals surface area contributed by atoms with Crippen LogP contribution in [0.4, 0.5) is 11.9 Å². The van der Waals surface area contributed by atoms with Gasteiger partial charge in [-0.25, -0.2) is 0 Å². The molecule has 0 spiro atoms. The summed E-state index contributed by atoms with van der Waals surface area (Å²) in [5.41, 5.74) is 8.97. The molecule has 0 amide bonds. The van der Waals surface area contributed by atoms with Gasteiger partial charge in [0.25, 0.3) is 0 Å². The molecular weight excluding hydrogens is 440 g/mol. The third-order valence-electron chi connectivity index (χ3n) is 5.35. The van der Waals surface area contributed by atoms with Crippen molar-refractivity contribution in [2.75, 3.05) is 56.7 Å². The van der Waals surface area contributed by atoms with Gasteiger partial charge in [0.05, 0.1) is 26.4 Å². The van der Waals surface area contributed by atoms with Gasteiger partial charge in [0.1, 0.15) is 0 Å². The van der Waals surface area contributed by atoms with Gasteiger partial charge in [-0.05, 0) is 23.0 Å². The molecule has 0 fully saturated rings. The van der Waals surface area contributed by atoms with E-state index in [1.165, 1.54) is 11.1 Å². The molecule has 4 N–H and O–H groups in total. The predicted octanol–water partition coefficient (Wildman–Crippen LogP) is 3.89. The largest absolute Gasteiger partial charge is 0.378 e. The molecule has 1 heterocycles. The SMILES string of the molecule is CC(C)(C)c1ccc(-c2nc(NCCOCCOCCN)nc(NCCc3ccccc3)n2)cc1. The first-order valence-corrected chi connectivity index (χ1v) is 12.2. The highest BCUT2D eigenvalue weighted by molar-refractivity contribution is 5.59. The van der Waals surface area contributed by atoms with Crippen molar-refractivity contribution in [3.05, 3.63) is 65.7 Å². The minimum absolute atomic E-state index is 0.0872. The molecular formula is C27H38N6O2. The van der Waals surface area contributed by atoms with Gasteiger partial charge >= 0.3 is 0 Å². The molecule has 0 bridgehead atoms. The number of nitrogens with one attached hydrogen (secondary N) is 2. The molecule has 0 aliphatic carbocycles. The second-order valence-corrected chi connectivity index (χ2v) is 9.24. The Hall–Kier alpha value is -3.07. The molecule has 0 aliphatic rings. The molecule has 3 aromatic rings. The van der Waals surface area contributed by atoms with E-state index in [2.05, 4.69) is 82.8 Å². The van der Waals surface area contributed by atoms with Gasteiger partial charge in [0, 0.05) is 25.2 Å². The van der Waals surface area contributed by atoms with Crippen LogP contribution in [0.3, 0.4) is 0 Å². The number of hydrogen-bond acceptors (Lipinski definition) is 8. The average Bonchev–Trinajstić information content (AvgIpc) is 2.86. The van der Waals surface area contributed by atoms with Crippen LogP contribution >= 0.6 is 0 Å². The Morgan fingerprint density at radius 3 is 2.00 bits per heavy atom. The molecule has 0 atom stereocenters. The lowest BCUT2D eigenvalue weighted by Crippen LogP contribution is -2.17. The Bertz CT molecular complexity index is 1010. The Balaban J connectivity index is 1.65. The third kappa shape index (κ3) is 9.24. The zero-order chi connectivity index (χ0) is 24.9. The predicted molar refractivity (Wildman–Crippen MR) is 142 cm³/mol. The lowest BCUT2D eigenvalue weighted by atomic mass is 9.87. The molecule has 35 heavy (non-hydrogen) atoms. The first-order chi connectivity index (χ1) is 17.0. The Morgan fingerprint density at radius 2 is 1.37 bits per heavy atom. The van der Waals surface area contributed by atoms with Crippen LogP contribution in [-0.2, 0) is 21.3 Å². The van der Waals surface area contributed by atoms with Crippen molar-refractivity contribution in [1.29, 1.82) is 0 Å². The van der Waals surface area contributed by atoms with Gasteiger partial charge < -0.3 is 25.8 Å². The second kappa shape index (κ2) is 13.7. The number of nitrogens with zero attached hydrogens (tertiary/aromatic N) is 3. The number of benzene rings is 2. The molecule has 3 rings (SSSR count). The van der Waals surface area contributed by atoms with E-state index < -0.39 is 0 Å². The first kappa shape index (κ1) is 26.5. The van der Waals surface area contributed by atoms with Crippen LogP contribution in [0.1, 0.15) is 31.9 Å². The van der Waals surface area contributed by atoms with Crippen molar-refractivity contribution >= 4 is 11.9 Å². The van der Waals surface area contributed by atoms with Gasteiger partial charge in [-0.3, -0.25) is 0 Å². The Morgan fingerprint density at radius 1 is 0.743 bits per heavy atom. The minimum atomic E-state index is 0.0872. The molecule has 188 valence electrons. The highest BCUT2D eigenvalue weighted by atomic mass is 16.5. The van der Waals surface area contributed by atoms with E-state index >= 15 is 0 Å². The molecule has 1 aromatic heterocycles. The summed E-state index contributed by atoms with van der Waals surface area (Å²) in [6.45, 7) is 10.6. The number of anilines is 2. The fourth-order valence-electron chi connectivity index (χ4n) is 3.39. The summed E-state index contributed by atoms with van der Waals surface area (Å²) in [5, 5.41) is 6.60. The molecule has 0 aliphatic heterocycles. The monoisotopic (exact) mass is 478 g/mol. The maximum atomic E-state index is 5.59. The molecule has 2 aromatic carbocycles. The highest BCUT2D eigenvalue weighted by Gasteiger charge is 2.14. The van der Waals surface area contributed by atoms with Crippen LogP contribution in [0.5, 0.6) is 0 Å². The molecule has 8 nitrogen and oxygen atoms in total. The van der Waals surface area contributed by atoms with Crippen molar-refractivity contribution in [2.24, 2.45) is 5.73 Å². The zero-order valence-electron chi connectivity index (χ0n) is 21.1. The molecule has 0 unspecified atom stereocenters. The van der Waals surface area contributed by atoms with Crippen molar-refractivity contribution < 1.29 is 9.47 Å². The van der Waals surface area contributed by atoms with Gasteiger partial charge in [-0.2, -0.15) is 15.0 Å². The summed E-state index contributed by atoms with van der Waals surface area (Å²) in [4.78, 5) is 13.9. The van der Waals surface area contributed by atoms with Crippen LogP contribution in [-0.4, -0.2) is 61.0 Å². The average molecular weight is 479 g/mol. The van der Waals surface area contributed by atoms with Crippen LogP contribution in [0.15, 0.2) is 54.6 Å². The lowest BCUT2D eigenvalue weighted by molar-refractivity contribution is 0.0547.